The largest absolute Gasteiger partial charge is 0.466 e. The first-order valence-corrected chi connectivity index (χ1v) is 5.70. The molecule has 0 amide bonds. The van der Waals surface area contributed by atoms with E-state index in [-0.39, 0.29) is 18.2 Å². The standard InChI is InChI=1S/C11H13BrFNO2/c1-2-16-11(15)6-10(14)7-3-4-9(13)8(12)5-7/h3-5,10H,2,6,14H2,1H3/t10-/m1/s1. The molecule has 0 heterocycles. The highest BCUT2D eigenvalue weighted by atomic mass is 79.9. The van der Waals surface area contributed by atoms with Gasteiger partial charge in [-0.1, -0.05) is 6.07 Å². The van der Waals surface area contributed by atoms with E-state index in [0.29, 0.717) is 16.6 Å². The van der Waals surface area contributed by atoms with Gasteiger partial charge in [0, 0.05) is 6.04 Å². The molecule has 2 N–H and O–H groups in total. The van der Waals surface area contributed by atoms with Crippen molar-refractivity contribution in [1.82, 2.24) is 0 Å². The molecule has 0 fully saturated rings. The maximum absolute atomic E-state index is 13.0. The minimum absolute atomic E-state index is 0.0892. The highest BCUT2D eigenvalue weighted by Gasteiger charge is 2.13. The van der Waals surface area contributed by atoms with Crippen LogP contribution < -0.4 is 5.73 Å². The molecule has 0 aliphatic rings. The fraction of sp³-hybridized carbons (Fsp3) is 0.364. The molecule has 0 unspecified atom stereocenters. The van der Waals surface area contributed by atoms with E-state index in [4.69, 9.17) is 10.5 Å². The summed E-state index contributed by atoms with van der Waals surface area (Å²) in [5, 5.41) is 0. The molecule has 0 bridgehead atoms. The number of carbonyl (C=O) groups is 1. The fourth-order valence-corrected chi connectivity index (χ4v) is 1.66. The van der Waals surface area contributed by atoms with E-state index in [1.165, 1.54) is 6.07 Å². The number of rotatable bonds is 4. The van der Waals surface area contributed by atoms with Crippen molar-refractivity contribution in [2.75, 3.05) is 6.61 Å². The maximum Gasteiger partial charge on any atom is 0.307 e. The first kappa shape index (κ1) is 13.1. The molecule has 1 atom stereocenters. The van der Waals surface area contributed by atoms with Gasteiger partial charge in [0.2, 0.25) is 0 Å². The maximum atomic E-state index is 13.0. The Labute approximate surface area is 102 Å². The zero-order valence-electron chi connectivity index (χ0n) is 8.87. The lowest BCUT2D eigenvalue weighted by molar-refractivity contribution is -0.143. The van der Waals surface area contributed by atoms with E-state index >= 15 is 0 Å². The summed E-state index contributed by atoms with van der Waals surface area (Å²) in [6, 6.07) is 3.96. The molecule has 16 heavy (non-hydrogen) atoms. The lowest BCUT2D eigenvalue weighted by Gasteiger charge is -2.11. The first-order chi connectivity index (χ1) is 7.54. The number of benzene rings is 1. The summed E-state index contributed by atoms with van der Waals surface area (Å²) in [4.78, 5) is 11.2. The molecule has 0 radical (unpaired) electrons. The second-order valence-corrected chi connectivity index (χ2v) is 4.14. The molecule has 5 heteroatoms. The van der Waals surface area contributed by atoms with Gasteiger partial charge in [-0.3, -0.25) is 4.79 Å². The molecular formula is C11H13BrFNO2. The summed E-state index contributed by atoms with van der Waals surface area (Å²) >= 11 is 3.06. The van der Waals surface area contributed by atoms with Crippen LogP contribution >= 0.6 is 15.9 Å². The molecule has 1 aromatic carbocycles. The second kappa shape index (κ2) is 5.96. The molecule has 88 valence electrons. The number of nitrogens with two attached hydrogens (primary N) is 1. The Morgan fingerprint density at radius 1 is 1.62 bits per heavy atom. The van der Waals surface area contributed by atoms with E-state index in [9.17, 15) is 9.18 Å². The summed E-state index contributed by atoms with van der Waals surface area (Å²) in [6.07, 6.45) is 0.0892. The Morgan fingerprint density at radius 2 is 2.31 bits per heavy atom. The monoisotopic (exact) mass is 289 g/mol. The van der Waals surface area contributed by atoms with Gasteiger partial charge in [-0.2, -0.15) is 0 Å². The van der Waals surface area contributed by atoms with Crippen LogP contribution in [0.25, 0.3) is 0 Å². The Hall–Kier alpha value is -0.940. The number of esters is 1. The van der Waals surface area contributed by atoms with Crippen LogP contribution in [0.2, 0.25) is 0 Å². The van der Waals surface area contributed by atoms with Gasteiger partial charge in [-0.15, -0.1) is 0 Å². The Bertz CT molecular complexity index is 384. The number of hydrogen-bond acceptors (Lipinski definition) is 3. The van der Waals surface area contributed by atoms with E-state index in [0.717, 1.165) is 0 Å². The summed E-state index contributed by atoms with van der Waals surface area (Å²) in [5.74, 6) is -0.706. The number of halogens is 2. The van der Waals surface area contributed by atoms with Crippen LogP contribution in [0, 0.1) is 5.82 Å². The normalized spacial score (nSPS) is 12.2. The second-order valence-electron chi connectivity index (χ2n) is 3.29. The summed E-state index contributed by atoms with van der Waals surface area (Å²) in [7, 11) is 0. The number of hydrogen-bond donors (Lipinski definition) is 1. The zero-order valence-corrected chi connectivity index (χ0v) is 10.5. The average molecular weight is 290 g/mol. The molecule has 0 aliphatic heterocycles. The van der Waals surface area contributed by atoms with Crippen LogP contribution in [0.3, 0.4) is 0 Å². The molecule has 3 nitrogen and oxygen atoms in total. The Balaban J connectivity index is 2.69. The van der Waals surface area contributed by atoms with Gasteiger partial charge < -0.3 is 10.5 Å². The summed E-state index contributed by atoms with van der Waals surface area (Å²) in [5.41, 5.74) is 6.50. The predicted octanol–water partition coefficient (Wildman–Crippen LogP) is 2.54. The van der Waals surface area contributed by atoms with Crippen LogP contribution in [0.15, 0.2) is 22.7 Å². The SMILES string of the molecule is CCOC(=O)C[C@@H](N)c1ccc(F)c(Br)c1. The molecule has 0 aromatic heterocycles. The van der Waals surface area contributed by atoms with Crippen molar-refractivity contribution in [3.8, 4) is 0 Å². The molecule has 0 spiro atoms. The minimum Gasteiger partial charge on any atom is -0.466 e. The third kappa shape index (κ3) is 3.57. The van der Waals surface area contributed by atoms with Crippen LogP contribution in [-0.4, -0.2) is 12.6 Å². The van der Waals surface area contributed by atoms with E-state index in [1.807, 2.05) is 0 Å². The quantitative estimate of drug-likeness (QED) is 0.867. The van der Waals surface area contributed by atoms with Crippen molar-refractivity contribution in [2.45, 2.75) is 19.4 Å². The van der Waals surface area contributed by atoms with Crippen molar-refractivity contribution in [1.29, 1.82) is 0 Å². The first-order valence-electron chi connectivity index (χ1n) is 4.90. The third-order valence-corrected chi connectivity index (χ3v) is 2.67. The Kier molecular flexibility index (Phi) is 4.89. The zero-order chi connectivity index (χ0) is 12.1. The van der Waals surface area contributed by atoms with E-state index < -0.39 is 6.04 Å². The van der Waals surface area contributed by atoms with E-state index in [1.54, 1.807) is 19.1 Å². The van der Waals surface area contributed by atoms with Crippen molar-refractivity contribution >= 4 is 21.9 Å². The predicted molar refractivity (Wildman–Crippen MR) is 62.3 cm³/mol. The lowest BCUT2D eigenvalue weighted by Crippen LogP contribution is -2.17. The van der Waals surface area contributed by atoms with Crippen molar-refractivity contribution in [2.24, 2.45) is 5.73 Å². The van der Waals surface area contributed by atoms with E-state index in [2.05, 4.69) is 15.9 Å². The van der Waals surface area contributed by atoms with Crippen LogP contribution in [0.4, 0.5) is 4.39 Å². The molecule has 1 rings (SSSR count). The number of ether oxygens (including phenoxy) is 1. The lowest BCUT2D eigenvalue weighted by atomic mass is 10.1. The van der Waals surface area contributed by atoms with Crippen LogP contribution in [-0.2, 0) is 9.53 Å². The fourth-order valence-electron chi connectivity index (χ4n) is 1.26. The highest BCUT2D eigenvalue weighted by molar-refractivity contribution is 9.10. The topological polar surface area (TPSA) is 52.3 Å². The van der Waals surface area contributed by atoms with Crippen molar-refractivity contribution < 1.29 is 13.9 Å². The molecule has 1 aromatic rings. The molecular weight excluding hydrogens is 277 g/mol. The van der Waals surface area contributed by atoms with Crippen molar-refractivity contribution in [3.63, 3.8) is 0 Å². The molecule has 0 aliphatic carbocycles. The average Bonchev–Trinajstić information content (AvgIpc) is 2.22. The van der Waals surface area contributed by atoms with Gasteiger partial charge in [0.15, 0.2) is 0 Å². The third-order valence-electron chi connectivity index (χ3n) is 2.06. The molecule has 0 saturated heterocycles. The van der Waals surface area contributed by atoms with Gasteiger partial charge in [-0.25, -0.2) is 4.39 Å². The van der Waals surface area contributed by atoms with Crippen LogP contribution in [0.1, 0.15) is 24.9 Å². The number of carbonyl (C=O) groups excluding carboxylic acids is 1. The Morgan fingerprint density at radius 3 is 2.88 bits per heavy atom. The summed E-state index contributed by atoms with van der Waals surface area (Å²) in [6.45, 7) is 2.07. The molecule has 0 saturated carbocycles. The minimum atomic E-state index is -0.476. The summed E-state index contributed by atoms with van der Waals surface area (Å²) < 4.78 is 18.1. The van der Waals surface area contributed by atoms with Gasteiger partial charge in [-0.05, 0) is 40.5 Å². The van der Waals surface area contributed by atoms with Gasteiger partial charge >= 0.3 is 5.97 Å². The highest BCUT2D eigenvalue weighted by Crippen LogP contribution is 2.22. The van der Waals surface area contributed by atoms with Gasteiger partial charge in [0.25, 0.3) is 0 Å². The van der Waals surface area contributed by atoms with Crippen molar-refractivity contribution in [3.05, 3.63) is 34.1 Å². The van der Waals surface area contributed by atoms with Crippen LogP contribution in [0.5, 0.6) is 0 Å². The van der Waals surface area contributed by atoms with Gasteiger partial charge in [0.05, 0.1) is 17.5 Å². The smallest absolute Gasteiger partial charge is 0.307 e. The van der Waals surface area contributed by atoms with Gasteiger partial charge in [0.1, 0.15) is 5.82 Å².